The predicted molar refractivity (Wildman–Crippen MR) is 80.0 cm³/mol. The van der Waals surface area contributed by atoms with Crippen LogP contribution in [0.5, 0.6) is 5.75 Å². The van der Waals surface area contributed by atoms with Crippen LogP contribution >= 0.6 is 11.3 Å². The smallest absolute Gasteiger partial charge is 0.123 e. The number of aryl methyl sites for hydroxylation is 1. The van der Waals surface area contributed by atoms with E-state index in [1.165, 1.54) is 21.6 Å². The minimum atomic E-state index is -0.0401. The van der Waals surface area contributed by atoms with Gasteiger partial charge < -0.3 is 10.5 Å². The van der Waals surface area contributed by atoms with Crippen LogP contribution < -0.4 is 10.5 Å². The molecule has 0 bridgehead atoms. The molecule has 0 fully saturated rings. The highest BCUT2D eigenvalue weighted by molar-refractivity contribution is 7.10. The molecule has 2 nitrogen and oxygen atoms in total. The molecule has 0 saturated carbocycles. The van der Waals surface area contributed by atoms with Crippen LogP contribution in [0.3, 0.4) is 0 Å². The van der Waals surface area contributed by atoms with Crippen molar-refractivity contribution < 1.29 is 4.74 Å². The van der Waals surface area contributed by atoms with E-state index >= 15 is 0 Å². The second-order valence-corrected chi connectivity index (χ2v) is 6.82. The molecule has 0 saturated heterocycles. The van der Waals surface area contributed by atoms with E-state index in [1.54, 1.807) is 11.3 Å². The third-order valence-electron chi connectivity index (χ3n) is 3.86. The Labute approximate surface area is 118 Å². The molecule has 2 heterocycles. The number of thiophene rings is 1. The monoisotopic (exact) mass is 273 g/mol. The fraction of sp³-hybridized carbons (Fsp3) is 0.375. The number of benzene rings is 1. The molecule has 1 aliphatic rings. The molecule has 3 rings (SSSR count). The number of rotatable bonds is 2. The summed E-state index contributed by atoms with van der Waals surface area (Å²) < 4.78 is 5.72. The highest BCUT2D eigenvalue weighted by Crippen LogP contribution is 2.40. The molecule has 100 valence electrons. The van der Waals surface area contributed by atoms with E-state index in [-0.39, 0.29) is 11.5 Å². The average Bonchev–Trinajstić information content (AvgIpc) is 2.93. The molecular formula is C16H19NOS. The summed E-state index contributed by atoms with van der Waals surface area (Å²) in [5.74, 6) is 1.00. The van der Waals surface area contributed by atoms with E-state index < -0.39 is 0 Å². The molecule has 0 aliphatic carbocycles. The van der Waals surface area contributed by atoms with Gasteiger partial charge in [0.1, 0.15) is 5.75 Å². The van der Waals surface area contributed by atoms with Gasteiger partial charge in [-0.1, -0.05) is 19.9 Å². The zero-order chi connectivity index (χ0) is 13.6. The maximum atomic E-state index is 6.41. The van der Waals surface area contributed by atoms with Gasteiger partial charge in [0.2, 0.25) is 0 Å². The highest BCUT2D eigenvalue weighted by atomic mass is 32.1. The Bertz CT molecular complexity index is 615. The van der Waals surface area contributed by atoms with Gasteiger partial charge in [0.15, 0.2) is 0 Å². The molecule has 0 spiro atoms. The summed E-state index contributed by atoms with van der Waals surface area (Å²) in [6.45, 7) is 7.29. The van der Waals surface area contributed by atoms with E-state index in [2.05, 4.69) is 50.4 Å². The first-order valence-corrected chi connectivity index (χ1v) is 7.44. The molecule has 0 amide bonds. The molecule has 19 heavy (non-hydrogen) atoms. The Morgan fingerprint density at radius 2 is 2.11 bits per heavy atom. The molecule has 1 aromatic heterocycles. The number of ether oxygens (including phenoxy) is 1. The van der Waals surface area contributed by atoms with E-state index in [1.807, 2.05) is 0 Å². The quantitative estimate of drug-likeness (QED) is 0.904. The number of hydrogen-bond donors (Lipinski definition) is 1. The van der Waals surface area contributed by atoms with Crippen molar-refractivity contribution in [1.29, 1.82) is 0 Å². The fourth-order valence-electron chi connectivity index (χ4n) is 2.59. The summed E-state index contributed by atoms with van der Waals surface area (Å²) in [5, 5.41) is 2.10. The first-order valence-electron chi connectivity index (χ1n) is 6.56. The normalized spacial score (nSPS) is 17.9. The summed E-state index contributed by atoms with van der Waals surface area (Å²) in [7, 11) is 0. The third kappa shape index (κ3) is 2.07. The van der Waals surface area contributed by atoms with Gasteiger partial charge in [0, 0.05) is 15.9 Å². The lowest BCUT2D eigenvalue weighted by Gasteiger charge is -2.18. The first-order chi connectivity index (χ1) is 8.99. The summed E-state index contributed by atoms with van der Waals surface area (Å²) in [6.07, 6.45) is 0. The molecule has 1 atom stereocenters. The molecule has 2 aromatic rings. The van der Waals surface area contributed by atoms with Gasteiger partial charge in [-0.2, -0.15) is 0 Å². The van der Waals surface area contributed by atoms with E-state index in [0.29, 0.717) is 0 Å². The standard InChI is InChI=1S/C16H19NOS/c1-10-6-7-19-15(10)14(17)11-4-5-13-12(8-11)16(2,3)9-18-13/h4-8,14H,9,17H2,1-3H3. The zero-order valence-corrected chi connectivity index (χ0v) is 12.4. The summed E-state index contributed by atoms with van der Waals surface area (Å²) in [6, 6.07) is 8.44. The van der Waals surface area contributed by atoms with Crippen LogP contribution in [0.2, 0.25) is 0 Å². The minimum Gasteiger partial charge on any atom is -0.492 e. The second-order valence-electron chi connectivity index (χ2n) is 5.87. The van der Waals surface area contributed by atoms with Crippen molar-refractivity contribution in [1.82, 2.24) is 0 Å². The van der Waals surface area contributed by atoms with Crippen LogP contribution in [0.25, 0.3) is 0 Å². The Balaban J connectivity index is 2.02. The van der Waals surface area contributed by atoms with Crippen molar-refractivity contribution in [2.45, 2.75) is 32.2 Å². The average molecular weight is 273 g/mol. The molecular weight excluding hydrogens is 254 g/mol. The van der Waals surface area contributed by atoms with Gasteiger partial charge in [-0.05, 0) is 41.6 Å². The van der Waals surface area contributed by atoms with Crippen LogP contribution in [0, 0.1) is 6.92 Å². The van der Waals surface area contributed by atoms with Crippen molar-refractivity contribution in [3.8, 4) is 5.75 Å². The number of nitrogens with two attached hydrogens (primary N) is 1. The van der Waals surface area contributed by atoms with E-state index in [4.69, 9.17) is 10.5 Å². The summed E-state index contributed by atoms with van der Waals surface area (Å²) >= 11 is 1.73. The van der Waals surface area contributed by atoms with Crippen molar-refractivity contribution in [2.75, 3.05) is 6.61 Å². The van der Waals surface area contributed by atoms with Crippen LogP contribution in [-0.2, 0) is 5.41 Å². The number of hydrogen-bond acceptors (Lipinski definition) is 3. The first kappa shape index (κ1) is 12.7. The Morgan fingerprint density at radius 1 is 1.32 bits per heavy atom. The van der Waals surface area contributed by atoms with E-state index in [9.17, 15) is 0 Å². The Hall–Kier alpha value is -1.32. The van der Waals surface area contributed by atoms with Crippen LogP contribution in [0.4, 0.5) is 0 Å². The maximum Gasteiger partial charge on any atom is 0.123 e. The topological polar surface area (TPSA) is 35.2 Å². The van der Waals surface area contributed by atoms with Gasteiger partial charge in [0.05, 0.1) is 12.6 Å². The lowest BCUT2D eigenvalue weighted by molar-refractivity contribution is 0.291. The van der Waals surface area contributed by atoms with Crippen molar-refractivity contribution in [3.05, 3.63) is 51.2 Å². The summed E-state index contributed by atoms with van der Waals surface area (Å²) in [5.41, 5.74) is 10.2. The fourth-order valence-corrected chi connectivity index (χ4v) is 3.54. The molecule has 1 aliphatic heterocycles. The summed E-state index contributed by atoms with van der Waals surface area (Å²) in [4.78, 5) is 1.25. The molecule has 0 radical (unpaired) electrons. The molecule has 1 aromatic carbocycles. The third-order valence-corrected chi connectivity index (χ3v) is 4.97. The van der Waals surface area contributed by atoms with Gasteiger partial charge in [0.25, 0.3) is 0 Å². The zero-order valence-electron chi connectivity index (χ0n) is 11.6. The van der Waals surface area contributed by atoms with E-state index in [0.717, 1.165) is 12.4 Å². The van der Waals surface area contributed by atoms with Crippen LogP contribution in [0.1, 0.15) is 41.5 Å². The second kappa shape index (κ2) is 4.36. The van der Waals surface area contributed by atoms with Gasteiger partial charge >= 0.3 is 0 Å². The van der Waals surface area contributed by atoms with Gasteiger partial charge in [-0.25, -0.2) is 0 Å². The van der Waals surface area contributed by atoms with Gasteiger partial charge in [-0.15, -0.1) is 11.3 Å². The van der Waals surface area contributed by atoms with Gasteiger partial charge in [-0.3, -0.25) is 0 Å². The minimum absolute atomic E-state index is 0.0401. The molecule has 1 unspecified atom stereocenters. The van der Waals surface area contributed by atoms with Crippen molar-refractivity contribution in [3.63, 3.8) is 0 Å². The molecule has 2 N–H and O–H groups in total. The number of fused-ring (bicyclic) bond motifs is 1. The van der Waals surface area contributed by atoms with Crippen molar-refractivity contribution in [2.24, 2.45) is 5.73 Å². The molecule has 3 heteroatoms. The lowest BCUT2D eigenvalue weighted by atomic mass is 9.85. The van der Waals surface area contributed by atoms with Crippen LogP contribution in [-0.4, -0.2) is 6.61 Å². The maximum absolute atomic E-state index is 6.41. The van der Waals surface area contributed by atoms with Crippen molar-refractivity contribution >= 4 is 11.3 Å². The highest BCUT2D eigenvalue weighted by Gasteiger charge is 2.32. The predicted octanol–water partition coefficient (Wildman–Crippen LogP) is 3.77. The van der Waals surface area contributed by atoms with Crippen LogP contribution in [0.15, 0.2) is 29.6 Å². The largest absolute Gasteiger partial charge is 0.492 e. The SMILES string of the molecule is Cc1ccsc1C(N)c1ccc2c(c1)C(C)(C)CO2. The lowest BCUT2D eigenvalue weighted by Crippen LogP contribution is -2.19. The Morgan fingerprint density at radius 3 is 2.79 bits per heavy atom. The Kier molecular flexibility index (Phi) is 2.91.